The van der Waals surface area contributed by atoms with Crippen molar-refractivity contribution < 1.29 is 9.72 Å². The molecule has 2 aliphatic heterocycles. The second kappa shape index (κ2) is 6.86. The Labute approximate surface area is 141 Å². The van der Waals surface area contributed by atoms with Crippen LogP contribution in [0, 0.1) is 22.0 Å². The van der Waals surface area contributed by atoms with E-state index in [9.17, 15) is 14.9 Å². The second-order valence-electron chi connectivity index (χ2n) is 7.00. The van der Waals surface area contributed by atoms with E-state index in [1.807, 2.05) is 6.92 Å². The number of carbonyl (C=O) groups is 1. The Morgan fingerprint density at radius 1 is 1.33 bits per heavy atom. The number of rotatable bonds is 4. The van der Waals surface area contributed by atoms with Gasteiger partial charge in [0.15, 0.2) is 0 Å². The van der Waals surface area contributed by atoms with Gasteiger partial charge in [-0.15, -0.1) is 0 Å². The summed E-state index contributed by atoms with van der Waals surface area (Å²) in [6.45, 7) is 6.04. The molecule has 0 spiro atoms. The third-order valence-electron chi connectivity index (χ3n) is 5.28. The van der Waals surface area contributed by atoms with Gasteiger partial charge >= 0.3 is 0 Å². The van der Waals surface area contributed by atoms with Crippen molar-refractivity contribution in [3.05, 3.63) is 34.4 Å². The standard InChI is InChI=1S/C17H24N4O3/c1-12(20-10-13-6-7-19(2)9-14(13)11-20)17(22)18-15-4-3-5-16(8-15)21(23)24/h3-5,8,12-14H,6-7,9-11H2,1-2H3,(H,18,22)/t12?,13-,14+/m0/s1. The first kappa shape index (κ1) is 16.9. The van der Waals surface area contributed by atoms with E-state index in [0.29, 0.717) is 17.5 Å². The minimum atomic E-state index is -0.458. The fourth-order valence-corrected chi connectivity index (χ4v) is 3.81. The van der Waals surface area contributed by atoms with E-state index in [4.69, 9.17) is 0 Å². The number of amides is 1. The molecule has 1 N–H and O–H groups in total. The summed E-state index contributed by atoms with van der Waals surface area (Å²) >= 11 is 0. The molecule has 0 aromatic heterocycles. The number of piperidine rings is 1. The van der Waals surface area contributed by atoms with Crippen molar-refractivity contribution in [3.8, 4) is 0 Å². The zero-order valence-corrected chi connectivity index (χ0v) is 14.1. The third-order valence-corrected chi connectivity index (χ3v) is 5.28. The fraction of sp³-hybridized carbons (Fsp3) is 0.588. The van der Waals surface area contributed by atoms with E-state index in [2.05, 4.69) is 22.2 Å². The third kappa shape index (κ3) is 3.57. The van der Waals surface area contributed by atoms with Gasteiger partial charge in [-0.1, -0.05) is 6.07 Å². The van der Waals surface area contributed by atoms with E-state index < -0.39 is 4.92 Å². The van der Waals surface area contributed by atoms with Crippen LogP contribution >= 0.6 is 0 Å². The van der Waals surface area contributed by atoms with Crippen LogP contribution in [0.1, 0.15) is 13.3 Å². The molecule has 1 aromatic carbocycles. The summed E-state index contributed by atoms with van der Waals surface area (Å²) in [6.07, 6.45) is 1.19. The number of hydrogen-bond acceptors (Lipinski definition) is 5. The van der Waals surface area contributed by atoms with Crippen molar-refractivity contribution in [1.29, 1.82) is 0 Å². The number of hydrogen-bond donors (Lipinski definition) is 1. The predicted molar refractivity (Wildman–Crippen MR) is 91.9 cm³/mol. The van der Waals surface area contributed by atoms with Crippen LogP contribution in [0.4, 0.5) is 11.4 Å². The number of nitro groups is 1. The van der Waals surface area contributed by atoms with Crippen molar-refractivity contribution in [2.75, 3.05) is 38.5 Å². The Bertz CT molecular complexity index is 636. The van der Waals surface area contributed by atoms with Gasteiger partial charge < -0.3 is 10.2 Å². The number of non-ortho nitro benzene ring substituents is 1. The molecule has 24 heavy (non-hydrogen) atoms. The molecule has 2 fully saturated rings. The number of nitrogens with zero attached hydrogens (tertiary/aromatic N) is 3. The molecular weight excluding hydrogens is 308 g/mol. The lowest BCUT2D eigenvalue weighted by Gasteiger charge is -2.31. The van der Waals surface area contributed by atoms with Gasteiger partial charge in [0, 0.05) is 37.5 Å². The number of nitro benzene ring substituents is 1. The lowest BCUT2D eigenvalue weighted by molar-refractivity contribution is -0.384. The van der Waals surface area contributed by atoms with Crippen LogP contribution in [0.15, 0.2) is 24.3 Å². The highest BCUT2D eigenvalue weighted by Crippen LogP contribution is 2.31. The highest BCUT2D eigenvalue weighted by molar-refractivity contribution is 5.94. The normalized spacial score (nSPS) is 25.9. The summed E-state index contributed by atoms with van der Waals surface area (Å²) in [4.78, 5) is 27.5. The summed E-state index contributed by atoms with van der Waals surface area (Å²) in [5, 5.41) is 13.6. The van der Waals surface area contributed by atoms with E-state index in [0.717, 1.165) is 26.2 Å². The molecule has 130 valence electrons. The molecule has 7 nitrogen and oxygen atoms in total. The summed E-state index contributed by atoms with van der Waals surface area (Å²) in [6, 6.07) is 5.83. The molecular formula is C17H24N4O3. The molecule has 1 amide bonds. The maximum atomic E-state index is 12.5. The second-order valence-corrected chi connectivity index (χ2v) is 7.00. The van der Waals surface area contributed by atoms with Crippen LogP contribution < -0.4 is 5.32 Å². The number of nitrogens with one attached hydrogen (secondary N) is 1. The van der Waals surface area contributed by atoms with E-state index in [-0.39, 0.29) is 17.6 Å². The number of benzene rings is 1. The highest BCUT2D eigenvalue weighted by atomic mass is 16.6. The number of carbonyl (C=O) groups excluding carboxylic acids is 1. The summed E-state index contributed by atoms with van der Waals surface area (Å²) < 4.78 is 0. The van der Waals surface area contributed by atoms with Gasteiger partial charge in [0.05, 0.1) is 11.0 Å². The van der Waals surface area contributed by atoms with Crippen LogP contribution in [-0.2, 0) is 4.79 Å². The molecule has 7 heteroatoms. The average molecular weight is 332 g/mol. The van der Waals surface area contributed by atoms with Crippen molar-refractivity contribution in [2.24, 2.45) is 11.8 Å². The van der Waals surface area contributed by atoms with Crippen molar-refractivity contribution in [1.82, 2.24) is 9.80 Å². The monoisotopic (exact) mass is 332 g/mol. The Hall–Kier alpha value is -1.99. The molecule has 2 saturated heterocycles. The summed E-state index contributed by atoms with van der Waals surface area (Å²) in [5.74, 6) is 1.20. The van der Waals surface area contributed by atoms with Gasteiger partial charge in [-0.3, -0.25) is 19.8 Å². The van der Waals surface area contributed by atoms with Crippen LogP contribution in [0.3, 0.4) is 0 Å². The molecule has 1 aromatic rings. The molecule has 3 rings (SSSR count). The van der Waals surface area contributed by atoms with Gasteiger partial charge in [-0.05, 0) is 44.8 Å². The Morgan fingerprint density at radius 2 is 2.08 bits per heavy atom. The van der Waals surface area contributed by atoms with Gasteiger partial charge in [-0.2, -0.15) is 0 Å². The number of likely N-dealkylation sites (tertiary alicyclic amines) is 2. The zero-order valence-electron chi connectivity index (χ0n) is 14.1. The van der Waals surface area contributed by atoms with Crippen molar-refractivity contribution in [2.45, 2.75) is 19.4 Å². The molecule has 1 unspecified atom stereocenters. The molecule has 2 heterocycles. The SMILES string of the molecule is CC(C(=O)Nc1cccc([N+](=O)[O-])c1)N1C[C@H]2CN(C)CC[C@H]2C1. The van der Waals surface area contributed by atoms with Crippen LogP contribution in [-0.4, -0.2) is 59.9 Å². The molecule has 0 aliphatic carbocycles. The maximum absolute atomic E-state index is 12.5. The topological polar surface area (TPSA) is 78.7 Å². The van der Waals surface area contributed by atoms with E-state index in [1.54, 1.807) is 12.1 Å². The van der Waals surface area contributed by atoms with Gasteiger partial charge in [0.25, 0.3) is 5.69 Å². The first-order valence-corrected chi connectivity index (χ1v) is 8.42. The minimum absolute atomic E-state index is 0.0179. The molecule has 0 radical (unpaired) electrons. The lowest BCUT2D eigenvalue weighted by atomic mass is 9.89. The smallest absolute Gasteiger partial charge is 0.271 e. The number of fused-ring (bicyclic) bond motifs is 1. The van der Waals surface area contributed by atoms with Crippen molar-refractivity contribution >= 4 is 17.3 Å². The minimum Gasteiger partial charge on any atom is -0.324 e. The largest absolute Gasteiger partial charge is 0.324 e. The predicted octanol–water partition coefficient (Wildman–Crippen LogP) is 1.81. The lowest BCUT2D eigenvalue weighted by Crippen LogP contribution is -2.41. The molecule has 0 bridgehead atoms. The van der Waals surface area contributed by atoms with E-state index >= 15 is 0 Å². The number of anilines is 1. The summed E-state index contributed by atoms with van der Waals surface area (Å²) in [7, 11) is 2.15. The molecule has 3 atom stereocenters. The van der Waals surface area contributed by atoms with Crippen molar-refractivity contribution in [3.63, 3.8) is 0 Å². The highest BCUT2D eigenvalue weighted by Gasteiger charge is 2.39. The van der Waals surface area contributed by atoms with Gasteiger partial charge in [0.1, 0.15) is 0 Å². The first-order chi connectivity index (χ1) is 11.4. The Kier molecular flexibility index (Phi) is 4.82. The van der Waals surface area contributed by atoms with Gasteiger partial charge in [0.2, 0.25) is 5.91 Å². The van der Waals surface area contributed by atoms with Crippen LogP contribution in [0.5, 0.6) is 0 Å². The Balaban J connectivity index is 1.61. The zero-order chi connectivity index (χ0) is 17.3. The Morgan fingerprint density at radius 3 is 2.83 bits per heavy atom. The molecule has 2 aliphatic rings. The summed E-state index contributed by atoms with van der Waals surface area (Å²) in [5.41, 5.74) is 0.452. The first-order valence-electron chi connectivity index (χ1n) is 8.42. The quantitative estimate of drug-likeness (QED) is 0.672. The van der Waals surface area contributed by atoms with E-state index in [1.165, 1.54) is 18.6 Å². The van der Waals surface area contributed by atoms with Gasteiger partial charge in [-0.25, -0.2) is 0 Å². The van der Waals surface area contributed by atoms with Crippen LogP contribution in [0.25, 0.3) is 0 Å². The molecule has 0 saturated carbocycles. The maximum Gasteiger partial charge on any atom is 0.271 e. The average Bonchev–Trinajstić information content (AvgIpc) is 2.97. The van der Waals surface area contributed by atoms with Crippen LogP contribution in [0.2, 0.25) is 0 Å². The fourth-order valence-electron chi connectivity index (χ4n) is 3.81.